The van der Waals surface area contributed by atoms with Crippen LogP contribution in [0.3, 0.4) is 0 Å². The minimum Gasteiger partial charge on any atom is -0.479 e. The van der Waals surface area contributed by atoms with Crippen LogP contribution in [-0.4, -0.2) is 41.1 Å². The van der Waals surface area contributed by atoms with E-state index in [-0.39, 0.29) is 13.0 Å². The molecule has 7 heteroatoms. The lowest BCUT2D eigenvalue weighted by molar-refractivity contribution is -0.146. The molecule has 0 aliphatic carbocycles. The van der Waals surface area contributed by atoms with E-state index < -0.39 is 18.1 Å². The van der Waals surface area contributed by atoms with Crippen molar-refractivity contribution in [2.45, 2.75) is 17.4 Å². The normalized spacial score (nSPS) is 11.7. The fourth-order valence-corrected chi connectivity index (χ4v) is 1.91. The SMILES string of the molecule is CSc1ccccc1NC(=O)NCC[C@H](O)C(=O)O. The predicted octanol–water partition coefficient (Wildman–Crippen LogP) is 1.37. The van der Waals surface area contributed by atoms with Crippen LogP contribution in [0, 0.1) is 0 Å². The zero-order valence-corrected chi connectivity index (χ0v) is 11.2. The molecule has 1 rings (SSSR count). The van der Waals surface area contributed by atoms with Gasteiger partial charge in [-0.25, -0.2) is 9.59 Å². The molecular weight excluding hydrogens is 268 g/mol. The van der Waals surface area contributed by atoms with Crippen LogP contribution in [-0.2, 0) is 4.79 Å². The number of urea groups is 1. The molecule has 0 heterocycles. The fourth-order valence-electron chi connectivity index (χ4n) is 1.36. The monoisotopic (exact) mass is 284 g/mol. The molecule has 19 heavy (non-hydrogen) atoms. The number of anilines is 1. The summed E-state index contributed by atoms with van der Waals surface area (Å²) in [6, 6.07) is 6.91. The van der Waals surface area contributed by atoms with E-state index in [0.717, 1.165) is 4.90 Å². The second-order valence-corrected chi connectivity index (χ2v) is 4.57. The number of aliphatic hydroxyl groups is 1. The summed E-state index contributed by atoms with van der Waals surface area (Å²) in [5.74, 6) is -1.30. The summed E-state index contributed by atoms with van der Waals surface area (Å²) in [7, 11) is 0. The Kier molecular flexibility index (Phi) is 6.17. The summed E-state index contributed by atoms with van der Waals surface area (Å²) in [5.41, 5.74) is 0.686. The number of amides is 2. The van der Waals surface area contributed by atoms with E-state index in [1.165, 1.54) is 11.8 Å². The number of aliphatic hydroxyl groups excluding tert-OH is 1. The van der Waals surface area contributed by atoms with Gasteiger partial charge in [-0.15, -0.1) is 11.8 Å². The molecule has 1 aromatic carbocycles. The van der Waals surface area contributed by atoms with Crippen LogP contribution in [0.5, 0.6) is 0 Å². The molecule has 0 fully saturated rings. The number of para-hydroxylation sites is 1. The Morgan fingerprint density at radius 1 is 1.37 bits per heavy atom. The van der Waals surface area contributed by atoms with Crippen molar-refractivity contribution in [2.75, 3.05) is 18.1 Å². The number of nitrogens with one attached hydrogen (secondary N) is 2. The molecule has 2 amide bonds. The van der Waals surface area contributed by atoms with Gasteiger partial charge in [-0.1, -0.05) is 12.1 Å². The van der Waals surface area contributed by atoms with E-state index in [0.29, 0.717) is 5.69 Å². The summed E-state index contributed by atoms with van der Waals surface area (Å²) in [4.78, 5) is 22.9. The average molecular weight is 284 g/mol. The van der Waals surface area contributed by atoms with E-state index in [9.17, 15) is 9.59 Å². The molecule has 0 saturated carbocycles. The Hall–Kier alpha value is -1.73. The minimum absolute atomic E-state index is 0.0348. The fraction of sp³-hybridized carbons (Fsp3) is 0.333. The standard InChI is InChI=1S/C12H16N2O4S/c1-19-10-5-3-2-4-8(10)14-12(18)13-7-6-9(15)11(16)17/h2-5,9,15H,6-7H2,1H3,(H,16,17)(H2,13,14,18)/t9-/m0/s1. The van der Waals surface area contributed by atoms with Gasteiger partial charge in [0.1, 0.15) is 0 Å². The van der Waals surface area contributed by atoms with Crippen molar-refractivity contribution < 1.29 is 19.8 Å². The van der Waals surface area contributed by atoms with Crippen LogP contribution >= 0.6 is 11.8 Å². The minimum atomic E-state index is -1.46. The van der Waals surface area contributed by atoms with Crippen LogP contribution < -0.4 is 10.6 Å². The number of hydrogen-bond acceptors (Lipinski definition) is 4. The molecule has 6 nitrogen and oxygen atoms in total. The van der Waals surface area contributed by atoms with Gasteiger partial charge < -0.3 is 20.8 Å². The van der Waals surface area contributed by atoms with Gasteiger partial charge in [0.25, 0.3) is 0 Å². The van der Waals surface area contributed by atoms with E-state index >= 15 is 0 Å². The molecule has 0 unspecified atom stereocenters. The topological polar surface area (TPSA) is 98.7 Å². The van der Waals surface area contributed by atoms with E-state index in [1.54, 1.807) is 6.07 Å². The third kappa shape index (κ3) is 5.19. The highest BCUT2D eigenvalue weighted by Crippen LogP contribution is 2.24. The van der Waals surface area contributed by atoms with Crippen LogP contribution in [0.4, 0.5) is 10.5 Å². The third-order valence-electron chi connectivity index (χ3n) is 2.34. The number of hydrogen-bond donors (Lipinski definition) is 4. The number of benzene rings is 1. The highest BCUT2D eigenvalue weighted by atomic mass is 32.2. The molecule has 1 aromatic rings. The van der Waals surface area contributed by atoms with Crippen molar-refractivity contribution in [1.29, 1.82) is 0 Å². The van der Waals surface area contributed by atoms with Crippen LogP contribution in [0.2, 0.25) is 0 Å². The Morgan fingerprint density at radius 2 is 2.05 bits per heavy atom. The third-order valence-corrected chi connectivity index (χ3v) is 3.14. The van der Waals surface area contributed by atoms with Crippen molar-refractivity contribution in [1.82, 2.24) is 5.32 Å². The highest BCUT2D eigenvalue weighted by Gasteiger charge is 2.13. The van der Waals surface area contributed by atoms with Gasteiger partial charge in [0.05, 0.1) is 5.69 Å². The maximum Gasteiger partial charge on any atom is 0.332 e. The molecule has 1 atom stereocenters. The van der Waals surface area contributed by atoms with Gasteiger partial charge in [0.15, 0.2) is 6.10 Å². The number of rotatable bonds is 6. The number of carboxylic acid groups (broad SMARTS) is 1. The van der Waals surface area contributed by atoms with Gasteiger partial charge >= 0.3 is 12.0 Å². The lowest BCUT2D eigenvalue weighted by Gasteiger charge is -2.11. The maximum atomic E-state index is 11.6. The van der Waals surface area contributed by atoms with Crippen LogP contribution in [0.15, 0.2) is 29.2 Å². The van der Waals surface area contributed by atoms with Crippen molar-refractivity contribution >= 4 is 29.4 Å². The summed E-state index contributed by atoms with van der Waals surface area (Å²) >= 11 is 1.51. The number of carbonyl (C=O) groups excluding carboxylic acids is 1. The highest BCUT2D eigenvalue weighted by molar-refractivity contribution is 7.98. The maximum absolute atomic E-state index is 11.6. The molecule has 0 bridgehead atoms. The molecule has 0 aliphatic rings. The predicted molar refractivity (Wildman–Crippen MR) is 73.5 cm³/mol. The zero-order chi connectivity index (χ0) is 14.3. The average Bonchev–Trinajstić information content (AvgIpc) is 2.39. The van der Waals surface area contributed by atoms with Crippen molar-refractivity contribution in [3.8, 4) is 0 Å². The van der Waals surface area contributed by atoms with E-state index in [1.807, 2.05) is 24.5 Å². The number of aliphatic carboxylic acids is 1. The second kappa shape index (κ2) is 7.65. The first-order chi connectivity index (χ1) is 9.04. The van der Waals surface area contributed by atoms with Gasteiger partial charge in [0, 0.05) is 17.9 Å². The first-order valence-electron chi connectivity index (χ1n) is 5.63. The molecule has 4 N–H and O–H groups in total. The molecular formula is C12H16N2O4S. The first-order valence-corrected chi connectivity index (χ1v) is 6.85. The summed E-state index contributed by atoms with van der Waals surface area (Å²) in [5, 5.41) is 22.7. The molecule has 0 aromatic heterocycles. The summed E-state index contributed by atoms with van der Waals surface area (Å²) in [6.45, 7) is 0.0841. The quantitative estimate of drug-likeness (QED) is 0.591. The van der Waals surface area contributed by atoms with E-state index in [2.05, 4.69) is 10.6 Å². The Labute approximate surface area is 115 Å². The molecule has 104 valence electrons. The van der Waals surface area contributed by atoms with Gasteiger partial charge in [-0.3, -0.25) is 0 Å². The number of thioether (sulfide) groups is 1. The molecule has 0 aliphatic heterocycles. The number of carbonyl (C=O) groups is 2. The van der Waals surface area contributed by atoms with Crippen molar-refractivity contribution in [3.05, 3.63) is 24.3 Å². The van der Waals surface area contributed by atoms with Crippen LogP contribution in [0.1, 0.15) is 6.42 Å². The lowest BCUT2D eigenvalue weighted by atomic mass is 10.2. The largest absolute Gasteiger partial charge is 0.479 e. The summed E-state index contributed by atoms with van der Waals surface area (Å²) in [6.07, 6.45) is 0.410. The zero-order valence-electron chi connectivity index (χ0n) is 10.4. The second-order valence-electron chi connectivity index (χ2n) is 3.72. The Bertz CT molecular complexity index is 453. The Morgan fingerprint density at radius 3 is 2.68 bits per heavy atom. The molecule has 0 spiro atoms. The lowest BCUT2D eigenvalue weighted by Crippen LogP contribution is -2.33. The van der Waals surface area contributed by atoms with Gasteiger partial charge in [0.2, 0.25) is 0 Å². The molecule has 0 saturated heterocycles. The number of carboxylic acids is 1. The van der Waals surface area contributed by atoms with Gasteiger partial charge in [-0.05, 0) is 18.4 Å². The smallest absolute Gasteiger partial charge is 0.332 e. The van der Waals surface area contributed by atoms with Crippen molar-refractivity contribution in [2.24, 2.45) is 0 Å². The van der Waals surface area contributed by atoms with Gasteiger partial charge in [-0.2, -0.15) is 0 Å². The summed E-state index contributed by atoms with van der Waals surface area (Å²) < 4.78 is 0. The molecule has 0 radical (unpaired) electrons. The van der Waals surface area contributed by atoms with Crippen molar-refractivity contribution in [3.63, 3.8) is 0 Å². The Balaban J connectivity index is 2.41. The first kappa shape index (κ1) is 15.3. The van der Waals surface area contributed by atoms with Crippen LogP contribution in [0.25, 0.3) is 0 Å². The van der Waals surface area contributed by atoms with E-state index in [4.69, 9.17) is 10.2 Å².